The topological polar surface area (TPSA) is 52.3 Å². The molecule has 0 fully saturated rings. The Balaban J connectivity index is 1.87. The van der Waals surface area contributed by atoms with Gasteiger partial charge in [-0.1, -0.05) is 35.6 Å². The van der Waals surface area contributed by atoms with Crippen molar-refractivity contribution in [2.45, 2.75) is 0 Å². The molecule has 114 valence electrons. The molecular formula is C16H11FN4OS. The highest BCUT2D eigenvalue weighted by Gasteiger charge is 2.16. The molecule has 0 radical (unpaired) electrons. The van der Waals surface area contributed by atoms with Gasteiger partial charge in [-0.25, -0.2) is 4.39 Å². The molecule has 5 nitrogen and oxygen atoms in total. The second kappa shape index (κ2) is 5.44. The number of ether oxygens (including phenoxy) is 1. The van der Waals surface area contributed by atoms with Crippen molar-refractivity contribution < 1.29 is 9.13 Å². The number of aromatic nitrogens is 4. The average Bonchev–Trinajstić information content (AvgIpc) is 3.15. The molecular weight excluding hydrogens is 315 g/mol. The van der Waals surface area contributed by atoms with Crippen LogP contribution in [-0.2, 0) is 0 Å². The summed E-state index contributed by atoms with van der Waals surface area (Å²) >= 11 is 1.40. The zero-order chi connectivity index (χ0) is 15.8. The van der Waals surface area contributed by atoms with E-state index >= 15 is 0 Å². The molecule has 2 aromatic carbocycles. The molecule has 0 saturated heterocycles. The van der Waals surface area contributed by atoms with Crippen LogP contribution in [0.2, 0.25) is 0 Å². The molecule has 23 heavy (non-hydrogen) atoms. The quantitative estimate of drug-likeness (QED) is 0.576. The van der Waals surface area contributed by atoms with Crippen LogP contribution in [-0.4, -0.2) is 26.9 Å². The SMILES string of the molecule is COc1ccccc1-c1nn2c(-c3cccc(F)c3)nnc2s1. The summed E-state index contributed by atoms with van der Waals surface area (Å²) < 4.78 is 20.4. The monoisotopic (exact) mass is 326 g/mol. The molecule has 0 aliphatic rings. The molecule has 0 atom stereocenters. The number of hydrogen-bond donors (Lipinski definition) is 0. The van der Waals surface area contributed by atoms with E-state index in [4.69, 9.17) is 4.74 Å². The standard InChI is InChI=1S/C16H11FN4OS/c1-22-13-8-3-2-7-12(13)15-20-21-14(18-19-16(21)23-15)10-5-4-6-11(17)9-10/h2-9H,1H3. The van der Waals surface area contributed by atoms with Crippen molar-refractivity contribution in [2.24, 2.45) is 0 Å². The third-order valence-electron chi connectivity index (χ3n) is 3.41. The van der Waals surface area contributed by atoms with Crippen molar-refractivity contribution in [2.75, 3.05) is 7.11 Å². The Morgan fingerprint density at radius 1 is 1.09 bits per heavy atom. The van der Waals surface area contributed by atoms with Gasteiger partial charge in [-0.3, -0.25) is 0 Å². The van der Waals surface area contributed by atoms with Gasteiger partial charge in [-0.05, 0) is 24.3 Å². The van der Waals surface area contributed by atoms with Crippen molar-refractivity contribution in [3.63, 3.8) is 0 Å². The van der Waals surface area contributed by atoms with Crippen LogP contribution in [0.25, 0.3) is 26.9 Å². The van der Waals surface area contributed by atoms with Gasteiger partial charge in [0.05, 0.1) is 12.7 Å². The Kier molecular flexibility index (Phi) is 3.27. The highest BCUT2D eigenvalue weighted by molar-refractivity contribution is 7.19. The molecule has 2 aromatic heterocycles. The number of methoxy groups -OCH3 is 1. The first-order valence-corrected chi connectivity index (χ1v) is 7.69. The molecule has 0 aliphatic heterocycles. The number of halogens is 1. The number of benzene rings is 2. The first-order chi connectivity index (χ1) is 11.3. The van der Waals surface area contributed by atoms with Gasteiger partial charge >= 0.3 is 0 Å². The summed E-state index contributed by atoms with van der Waals surface area (Å²) in [6.07, 6.45) is 0. The summed E-state index contributed by atoms with van der Waals surface area (Å²) in [4.78, 5) is 0.644. The molecule has 0 unspecified atom stereocenters. The van der Waals surface area contributed by atoms with E-state index in [0.29, 0.717) is 16.3 Å². The summed E-state index contributed by atoms with van der Waals surface area (Å²) in [5, 5.41) is 13.6. The Bertz CT molecular complexity index is 995. The first kappa shape index (κ1) is 13.8. The van der Waals surface area contributed by atoms with Crippen LogP contribution < -0.4 is 4.74 Å². The fraction of sp³-hybridized carbons (Fsp3) is 0.0625. The molecule has 0 amide bonds. The van der Waals surface area contributed by atoms with E-state index in [9.17, 15) is 4.39 Å². The molecule has 0 N–H and O–H groups in total. The van der Waals surface area contributed by atoms with Gasteiger partial charge in [0.15, 0.2) is 10.8 Å². The maximum Gasteiger partial charge on any atom is 0.235 e. The fourth-order valence-electron chi connectivity index (χ4n) is 2.35. The van der Waals surface area contributed by atoms with E-state index in [1.807, 2.05) is 24.3 Å². The van der Waals surface area contributed by atoms with Crippen molar-refractivity contribution in [1.82, 2.24) is 19.8 Å². The Morgan fingerprint density at radius 2 is 1.96 bits per heavy atom. The number of fused-ring (bicyclic) bond motifs is 1. The largest absolute Gasteiger partial charge is 0.496 e. The van der Waals surface area contributed by atoms with Gasteiger partial charge in [0.1, 0.15) is 11.6 Å². The highest BCUT2D eigenvalue weighted by atomic mass is 32.1. The Morgan fingerprint density at radius 3 is 2.78 bits per heavy atom. The van der Waals surface area contributed by atoms with Crippen LogP contribution >= 0.6 is 11.3 Å². The zero-order valence-corrected chi connectivity index (χ0v) is 12.9. The third kappa shape index (κ3) is 2.35. The lowest BCUT2D eigenvalue weighted by atomic mass is 10.2. The maximum absolute atomic E-state index is 13.4. The number of para-hydroxylation sites is 1. The summed E-state index contributed by atoms with van der Waals surface area (Å²) in [5.41, 5.74) is 1.52. The molecule has 7 heteroatoms. The molecule has 0 aliphatic carbocycles. The van der Waals surface area contributed by atoms with Gasteiger partial charge < -0.3 is 4.74 Å². The summed E-state index contributed by atoms with van der Waals surface area (Å²) in [6.45, 7) is 0. The minimum atomic E-state index is -0.320. The molecule has 4 aromatic rings. The lowest BCUT2D eigenvalue weighted by molar-refractivity contribution is 0.416. The van der Waals surface area contributed by atoms with Gasteiger partial charge in [-0.15, -0.1) is 10.2 Å². The molecule has 4 rings (SSSR count). The molecule has 0 bridgehead atoms. The van der Waals surface area contributed by atoms with Crippen LogP contribution in [0.15, 0.2) is 48.5 Å². The van der Waals surface area contributed by atoms with Gasteiger partial charge in [0, 0.05) is 5.56 Å². The average molecular weight is 326 g/mol. The smallest absolute Gasteiger partial charge is 0.235 e. The van der Waals surface area contributed by atoms with Crippen LogP contribution in [0, 0.1) is 5.82 Å². The molecule has 0 saturated carbocycles. The van der Waals surface area contributed by atoms with E-state index < -0.39 is 0 Å². The summed E-state index contributed by atoms with van der Waals surface area (Å²) in [5.74, 6) is 0.932. The number of rotatable bonds is 3. The van der Waals surface area contributed by atoms with Crippen LogP contribution in [0.1, 0.15) is 0 Å². The predicted octanol–water partition coefficient (Wildman–Crippen LogP) is 3.67. The van der Waals surface area contributed by atoms with E-state index in [1.165, 1.54) is 23.5 Å². The van der Waals surface area contributed by atoms with Crippen molar-refractivity contribution in [3.8, 4) is 27.7 Å². The predicted molar refractivity (Wildman–Crippen MR) is 86.0 cm³/mol. The highest BCUT2D eigenvalue weighted by Crippen LogP contribution is 2.33. The molecule has 0 spiro atoms. The maximum atomic E-state index is 13.4. The minimum Gasteiger partial charge on any atom is -0.496 e. The summed E-state index contributed by atoms with van der Waals surface area (Å²) in [6, 6.07) is 13.9. The van der Waals surface area contributed by atoms with E-state index in [1.54, 1.807) is 23.8 Å². The number of hydrogen-bond acceptors (Lipinski definition) is 5. The number of nitrogens with zero attached hydrogens (tertiary/aromatic N) is 4. The van der Waals surface area contributed by atoms with Crippen molar-refractivity contribution in [3.05, 3.63) is 54.3 Å². The van der Waals surface area contributed by atoms with Gasteiger partial charge in [0.25, 0.3) is 0 Å². The van der Waals surface area contributed by atoms with E-state index in [-0.39, 0.29) is 5.82 Å². The first-order valence-electron chi connectivity index (χ1n) is 6.88. The fourth-order valence-corrected chi connectivity index (χ4v) is 3.22. The lowest BCUT2D eigenvalue weighted by Crippen LogP contribution is -1.92. The Labute approximate surface area is 135 Å². The molecule has 2 heterocycles. The summed E-state index contributed by atoms with van der Waals surface area (Å²) in [7, 11) is 1.62. The lowest BCUT2D eigenvalue weighted by Gasteiger charge is -2.04. The van der Waals surface area contributed by atoms with E-state index in [2.05, 4.69) is 15.3 Å². The third-order valence-corrected chi connectivity index (χ3v) is 4.34. The zero-order valence-electron chi connectivity index (χ0n) is 12.1. The second-order valence-electron chi connectivity index (χ2n) is 4.84. The second-order valence-corrected chi connectivity index (χ2v) is 5.79. The minimum absolute atomic E-state index is 0.320. The van der Waals surface area contributed by atoms with Gasteiger partial charge in [0.2, 0.25) is 4.96 Å². The van der Waals surface area contributed by atoms with Crippen LogP contribution in [0.3, 0.4) is 0 Å². The van der Waals surface area contributed by atoms with Crippen molar-refractivity contribution in [1.29, 1.82) is 0 Å². The normalized spacial score (nSPS) is 11.0. The van der Waals surface area contributed by atoms with Crippen LogP contribution in [0.5, 0.6) is 5.75 Å². The van der Waals surface area contributed by atoms with Gasteiger partial charge in [-0.2, -0.15) is 9.61 Å². The van der Waals surface area contributed by atoms with Crippen LogP contribution in [0.4, 0.5) is 4.39 Å². The Hall–Kier alpha value is -2.80. The van der Waals surface area contributed by atoms with Crippen molar-refractivity contribution >= 4 is 16.3 Å². The van der Waals surface area contributed by atoms with E-state index in [0.717, 1.165) is 16.3 Å².